The molecule has 1 aromatic carbocycles. The molecule has 1 aliphatic rings. The van der Waals surface area contributed by atoms with Gasteiger partial charge in [0.25, 0.3) is 0 Å². The van der Waals surface area contributed by atoms with Gasteiger partial charge in [-0.1, -0.05) is 17.3 Å². The Balaban J connectivity index is 1.82. The van der Waals surface area contributed by atoms with E-state index in [4.69, 9.17) is 19.7 Å². The first kappa shape index (κ1) is 10.2. The molecule has 0 amide bonds. The summed E-state index contributed by atoms with van der Waals surface area (Å²) in [6.45, 7) is 1.30. The Bertz CT molecular complexity index is 520. The Hall–Kier alpha value is -2.01. The molecule has 2 aromatic rings. The molecule has 0 bridgehead atoms. The Labute approximate surface area is 98.1 Å². The third-order valence-electron chi connectivity index (χ3n) is 2.56. The van der Waals surface area contributed by atoms with Gasteiger partial charge in [0.2, 0.25) is 0 Å². The number of hydrogen-bond acceptors (Lipinski definition) is 5. The first-order chi connectivity index (χ1) is 8.31. The number of nitrogens with zero attached hydrogens (tertiary/aromatic N) is 1. The molecule has 5 heteroatoms. The van der Waals surface area contributed by atoms with Crippen molar-refractivity contribution in [2.24, 2.45) is 0 Å². The predicted molar refractivity (Wildman–Crippen MR) is 61.6 cm³/mol. The van der Waals surface area contributed by atoms with Crippen LogP contribution in [0.3, 0.4) is 0 Å². The lowest BCUT2D eigenvalue weighted by molar-refractivity contribution is -0.0796. The van der Waals surface area contributed by atoms with E-state index < -0.39 is 0 Å². The van der Waals surface area contributed by atoms with Crippen molar-refractivity contribution in [1.29, 1.82) is 0 Å². The summed E-state index contributed by atoms with van der Waals surface area (Å²) in [5.74, 6) is 1.81. The van der Waals surface area contributed by atoms with Gasteiger partial charge in [-0.3, -0.25) is 0 Å². The molecule has 88 valence electrons. The highest BCUT2D eigenvalue weighted by Crippen LogP contribution is 2.26. The van der Waals surface area contributed by atoms with E-state index in [9.17, 15) is 0 Å². The highest BCUT2D eigenvalue weighted by atomic mass is 16.6. The van der Waals surface area contributed by atoms with E-state index in [1.54, 1.807) is 6.07 Å². The number of aromatic nitrogens is 1. The van der Waals surface area contributed by atoms with E-state index in [2.05, 4.69) is 5.16 Å². The smallest absolute Gasteiger partial charge is 0.169 e. The zero-order valence-electron chi connectivity index (χ0n) is 9.13. The number of ether oxygens (including phenoxy) is 2. The van der Waals surface area contributed by atoms with E-state index >= 15 is 0 Å². The number of rotatable bonds is 3. The van der Waals surface area contributed by atoms with Gasteiger partial charge in [0, 0.05) is 11.6 Å². The summed E-state index contributed by atoms with van der Waals surface area (Å²) in [5, 5.41) is 3.65. The number of hydrogen-bond donors (Lipinski definition) is 1. The summed E-state index contributed by atoms with van der Waals surface area (Å²) in [5.41, 5.74) is 6.41. The molecule has 0 atom stereocenters. The Morgan fingerprint density at radius 3 is 2.82 bits per heavy atom. The summed E-state index contributed by atoms with van der Waals surface area (Å²) < 4.78 is 15.9. The maximum absolute atomic E-state index is 5.70. The minimum absolute atomic E-state index is 0.157. The van der Waals surface area contributed by atoms with Gasteiger partial charge in [-0.25, -0.2) is 0 Å². The van der Waals surface area contributed by atoms with Gasteiger partial charge in [0.05, 0.1) is 13.2 Å². The van der Waals surface area contributed by atoms with Crippen LogP contribution in [0.2, 0.25) is 0 Å². The van der Waals surface area contributed by atoms with Crippen LogP contribution >= 0.6 is 0 Å². The fraction of sp³-hybridized carbons (Fsp3) is 0.250. The normalized spacial score (nSPS) is 15.5. The summed E-state index contributed by atoms with van der Waals surface area (Å²) >= 11 is 0. The summed E-state index contributed by atoms with van der Waals surface area (Å²) in [6.07, 6.45) is 0.157. The van der Waals surface area contributed by atoms with Crippen molar-refractivity contribution >= 4 is 5.82 Å². The number of benzene rings is 1. The Morgan fingerprint density at radius 2 is 2.18 bits per heavy atom. The molecule has 2 N–H and O–H groups in total. The van der Waals surface area contributed by atoms with E-state index in [0.29, 0.717) is 24.8 Å². The quantitative estimate of drug-likeness (QED) is 0.872. The van der Waals surface area contributed by atoms with Crippen LogP contribution < -0.4 is 10.5 Å². The molecule has 17 heavy (non-hydrogen) atoms. The van der Waals surface area contributed by atoms with Crippen molar-refractivity contribution < 1.29 is 14.0 Å². The van der Waals surface area contributed by atoms with E-state index in [-0.39, 0.29) is 6.10 Å². The molecule has 1 aromatic heterocycles. The molecule has 5 nitrogen and oxygen atoms in total. The van der Waals surface area contributed by atoms with Gasteiger partial charge in [0.1, 0.15) is 11.9 Å². The minimum Gasteiger partial charge on any atom is -0.486 e. The van der Waals surface area contributed by atoms with Crippen molar-refractivity contribution in [2.75, 3.05) is 18.9 Å². The van der Waals surface area contributed by atoms with E-state index in [1.165, 1.54) is 0 Å². The van der Waals surface area contributed by atoms with Crippen molar-refractivity contribution in [2.45, 2.75) is 6.10 Å². The third-order valence-corrected chi connectivity index (χ3v) is 2.56. The van der Waals surface area contributed by atoms with Gasteiger partial charge in [0.15, 0.2) is 11.6 Å². The molecule has 0 radical (unpaired) electrons. The van der Waals surface area contributed by atoms with Gasteiger partial charge in [-0.15, -0.1) is 0 Å². The highest BCUT2D eigenvalue weighted by molar-refractivity contribution is 5.61. The van der Waals surface area contributed by atoms with Crippen LogP contribution in [-0.4, -0.2) is 24.5 Å². The summed E-state index contributed by atoms with van der Waals surface area (Å²) in [7, 11) is 0. The topological polar surface area (TPSA) is 70.5 Å². The molecule has 0 aliphatic carbocycles. The number of nitrogen functional groups attached to an aromatic ring is 1. The van der Waals surface area contributed by atoms with Gasteiger partial charge in [-0.2, -0.15) is 0 Å². The van der Waals surface area contributed by atoms with Crippen LogP contribution in [0, 0.1) is 0 Å². The third kappa shape index (κ3) is 2.09. The molecule has 0 spiro atoms. The van der Waals surface area contributed by atoms with Crippen LogP contribution in [0.15, 0.2) is 34.9 Å². The van der Waals surface area contributed by atoms with E-state index in [0.717, 1.165) is 11.3 Å². The standard InChI is InChI=1S/C12H12N2O3/c13-12-5-11(17-14-12)8-2-1-3-9(4-8)16-10-6-15-7-10/h1-5,10H,6-7H2,(H2,13,14). The predicted octanol–water partition coefficient (Wildman–Crippen LogP) is 1.70. The van der Waals surface area contributed by atoms with Crippen LogP contribution in [0.25, 0.3) is 11.3 Å². The van der Waals surface area contributed by atoms with Crippen LogP contribution in [0.4, 0.5) is 5.82 Å². The molecule has 0 saturated carbocycles. The zero-order valence-corrected chi connectivity index (χ0v) is 9.13. The number of nitrogens with two attached hydrogens (primary N) is 1. The van der Waals surface area contributed by atoms with Crippen molar-refractivity contribution in [1.82, 2.24) is 5.16 Å². The average molecular weight is 232 g/mol. The van der Waals surface area contributed by atoms with E-state index in [1.807, 2.05) is 24.3 Å². The molecule has 3 rings (SSSR count). The van der Waals surface area contributed by atoms with Crippen molar-refractivity contribution in [3.63, 3.8) is 0 Å². The van der Waals surface area contributed by atoms with Crippen molar-refractivity contribution in [3.05, 3.63) is 30.3 Å². The molecule has 1 aliphatic heterocycles. The molecule has 2 heterocycles. The fourth-order valence-electron chi connectivity index (χ4n) is 1.62. The molecule has 0 unspecified atom stereocenters. The maximum Gasteiger partial charge on any atom is 0.169 e. The molecular weight excluding hydrogens is 220 g/mol. The number of anilines is 1. The molecule has 1 saturated heterocycles. The first-order valence-electron chi connectivity index (χ1n) is 5.38. The zero-order chi connectivity index (χ0) is 11.7. The fourth-order valence-corrected chi connectivity index (χ4v) is 1.62. The minimum atomic E-state index is 0.157. The monoisotopic (exact) mass is 232 g/mol. The highest BCUT2D eigenvalue weighted by Gasteiger charge is 2.20. The summed E-state index contributed by atoms with van der Waals surface area (Å²) in [4.78, 5) is 0. The molecule has 1 fully saturated rings. The SMILES string of the molecule is Nc1cc(-c2cccc(OC3COC3)c2)on1. The second kappa shape index (κ2) is 4.10. The van der Waals surface area contributed by atoms with Crippen LogP contribution in [0.5, 0.6) is 5.75 Å². The molecular formula is C12H12N2O3. The Morgan fingerprint density at radius 1 is 1.29 bits per heavy atom. The van der Waals surface area contributed by atoms with Crippen molar-refractivity contribution in [3.8, 4) is 17.1 Å². The lowest BCUT2D eigenvalue weighted by Crippen LogP contribution is -2.38. The van der Waals surface area contributed by atoms with Gasteiger partial charge >= 0.3 is 0 Å². The lowest BCUT2D eigenvalue weighted by atomic mass is 10.1. The average Bonchev–Trinajstić information content (AvgIpc) is 2.71. The second-order valence-electron chi connectivity index (χ2n) is 3.92. The largest absolute Gasteiger partial charge is 0.486 e. The van der Waals surface area contributed by atoms with Crippen LogP contribution in [-0.2, 0) is 4.74 Å². The second-order valence-corrected chi connectivity index (χ2v) is 3.92. The maximum atomic E-state index is 5.70. The van der Waals surface area contributed by atoms with Gasteiger partial charge in [-0.05, 0) is 12.1 Å². The first-order valence-corrected chi connectivity index (χ1v) is 5.38. The summed E-state index contributed by atoms with van der Waals surface area (Å²) in [6, 6.07) is 9.32. The van der Waals surface area contributed by atoms with Gasteiger partial charge < -0.3 is 19.7 Å². The lowest BCUT2D eigenvalue weighted by Gasteiger charge is -2.26. The van der Waals surface area contributed by atoms with Crippen LogP contribution in [0.1, 0.15) is 0 Å². The Kier molecular flexibility index (Phi) is 2.45.